The number of amides is 1. The molecule has 1 atom stereocenters. The van der Waals surface area contributed by atoms with Crippen LogP contribution >= 0.6 is 0 Å². The van der Waals surface area contributed by atoms with Crippen molar-refractivity contribution in [2.75, 3.05) is 46.5 Å². The number of carbonyl (C=O) groups is 2. The predicted molar refractivity (Wildman–Crippen MR) is 166 cm³/mol. The molecule has 1 fully saturated rings. The number of rotatable bonds is 18. The zero-order chi connectivity index (χ0) is 30.5. The van der Waals surface area contributed by atoms with Crippen molar-refractivity contribution in [2.45, 2.75) is 72.3 Å². The van der Waals surface area contributed by atoms with E-state index >= 15 is 0 Å². The van der Waals surface area contributed by atoms with E-state index in [4.69, 9.17) is 14.2 Å². The molecule has 8 heteroatoms. The molecule has 0 spiro atoms. The van der Waals surface area contributed by atoms with Crippen molar-refractivity contribution in [2.24, 2.45) is 0 Å². The lowest BCUT2D eigenvalue weighted by Crippen LogP contribution is -2.33. The molecule has 0 aliphatic carbocycles. The van der Waals surface area contributed by atoms with Gasteiger partial charge >= 0.3 is 0 Å². The summed E-state index contributed by atoms with van der Waals surface area (Å²) in [4.78, 5) is 30.8. The smallest absolute Gasteiger partial charge is 0.295 e. The van der Waals surface area contributed by atoms with Crippen LogP contribution < -0.4 is 14.2 Å². The molecular weight excluding hydrogens is 532 g/mol. The van der Waals surface area contributed by atoms with Gasteiger partial charge in [-0.3, -0.25) is 9.59 Å². The van der Waals surface area contributed by atoms with Gasteiger partial charge in [-0.25, -0.2) is 0 Å². The Morgan fingerprint density at radius 2 is 1.55 bits per heavy atom. The zero-order valence-corrected chi connectivity index (χ0v) is 26.0. The Balaban J connectivity index is 1.99. The monoisotopic (exact) mass is 580 g/mol. The maximum Gasteiger partial charge on any atom is 0.295 e. The molecule has 0 aromatic heterocycles. The largest absolute Gasteiger partial charge is 0.507 e. The molecule has 0 unspecified atom stereocenters. The lowest BCUT2D eigenvalue weighted by Gasteiger charge is -2.27. The Bertz CT molecular complexity index is 1190. The summed E-state index contributed by atoms with van der Waals surface area (Å²) in [6.45, 7) is 12.6. The van der Waals surface area contributed by atoms with Gasteiger partial charge in [-0.2, -0.15) is 0 Å². The van der Waals surface area contributed by atoms with Crippen molar-refractivity contribution < 1.29 is 28.9 Å². The highest BCUT2D eigenvalue weighted by Gasteiger charge is 2.46. The van der Waals surface area contributed by atoms with Gasteiger partial charge in [0.05, 0.1) is 31.9 Å². The van der Waals surface area contributed by atoms with E-state index in [0.29, 0.717) is 54.6 Å². The minimum atomic E-state index is -0.759. The molecule has 1 aliphatic rings. The maximum atomic E-state index is 13.5. The number of hydrogen-bond acceptors (Lipinski definition) is 7. The predicted octanol–water partition coefficient (Wildman–Crippen LogP) is 6.60. The SMILES string of the molecule is CCCCCOc1ccc([C@H]2C(=C(O)c3ccc(OCCCC)cc3)C(=O)C(=O)N2CCCN(CC)CC)cc1OC. The quantitative estimate of drug-likeness (QED) is 0.0920. The average molecular weight is 581 g/mol. The molecule has 1 aliphatic heterocycles. The van der Waals surface area contributed by atoms with Crippen LogP contribution in [0.15, 0.2) is 48.0 Å². The summed E-state index contributed by atoms with van der Waals surface area (Å²) in [5.41, 5.74) is 1.20. The topological polar surface area (TPSA) is 88.5 Å². The number of aliphatic hydroxyl groups excluding tert-OH is 1. The van der Waals surface area contributed by atoms with Crippen molar-refractivity contribution in [1.29, 1.82) is 0 Å². The highest BCUT2D eigenvalue weighted by Crippen LogP contribution is 2.42. The van der Waals surface area contributed by atoms with Crippen LogP contribution in [0.1, 0.15) is 83.4 Å². The van der Waals surface area contributed by atoms with E-state index in [0.717, 1.165) is 51.7 Å². The first kappa shape index (κ1) is 33.0. The maximum absolute atomic E-state index is 13.5. The first-order valence-electron chi connectivity index (χ1n) is 15.4. The lowest BCUT2D eigenvalue weighted by atomic mass is 9.95. The fraction of sp³-hybridized carbons (Fsp3) is 0.529. The van der Waals surface area contributed by atoms with E-state index in [1.54, 1.807) is 42.3 Å². The van der Waals surface area contributed by atoms with Crippen LogP contribution in [-0.4, -0.2) is 73.1 Å². The highest BCUT2D eigenvalue weighted by molar-refractivity contribution is 6.46. The number of ether oxygens (including phenoxy) is 3. The van der Waals surface area contributed by atoms with Gasteiger partial charge in [0.2, 0.25) is 0 Å². The summed E-state index contributed by atoms with van der Waals surface area (Å²) in [6.07, 6.45) is 5.80. The summed E-state index contributed by atoms with van der Waals surface area (Å²) in [6, 6.07) is 11.7. The molecule has 8 nitrogen and oxygen atoms in total. The highest BCUT2D eigenvalue weighted by atomic mass is 16.5. The fourth-order valence-electron chi connectivity index (χ4n) is 5.17. The molecule has 3 rings (SSSR count). The Morgan fingerprint density at radius 3 is 2.19 bits per heavy atom. The van der Waals surface area contributed by atoms with Gasteiger partial charge in [-0.15, -0.1) is 0 Å². The lowest BCUT2D eigenvalue weighted by molar-refractivity contribution is -0.140. The minimum Gasteiger partial charge on any atom is -0.507 e. The number of hydrogen-bond donors (Lipinski definition) is 1. The Labute approximate surface area is 251 Å². The molecule has 1 heterocycles. The Hall–Kier alpha value is -3.52. The van der Waals surface area contributed by atoms with E-state index in [-0.39, 0.29) is 11.3 Å². The molecule has 0 radical (unpaired) electrons. The molecule has 2 aromatic rings. The number of nitrogens with zero attached hydrogens (tertiary/aromatic N) is 2. The standard InChI is InChI=1S/C34H48N2O6/c1-6-10-12-23-42-28-19-16-26(24-29(28)40-5)31-30(32(37)25-14-17-27(18-15-25)41-22-11-7-2)33(38)34(39)36(31)21-13-20-35(8-3)9-4/h14-19,24,31,37H,6-13,20-23H2,1-5H3/t31-/m0/s1. The summed E-state index contributed by atoms with van der Waals surface area (Å²) in [5.74, 6) is 0.305. The second-order valence-electron chi connectivity index (χ2n) is 10.6. The van der Waals surface area contributed by atoms with Gasteiger partial charge in [0.15, 0.2) is 11.5 Å². The van der Waals surface area contributed by atoms with Gasteiger partial charge in [0.1, 0.15) is 11.5 Å². The summed E-state index contributed by atoms with van der Waals surface area (Å²) < 4.78 is 17.4. The van der Waals surface area contributed by atoms with Crippen molar-refractivity contribution in [1.82, 2.24) is 9.80 Å². The number of carbonyl (C=O) groups excluding carboxylic acids is 2. The van der Waals surface area contributed by atoms with Crippen molar-refractivity contribution in [3.8, 4) is 17.2 Å². The van der Waals surface area contributed by atoms with E-state index in [9.17, 15) is 14.7 Å². The molecule has 1 amide bonds. The third-order valence-corrected chi connectivity index (χ3v) is 7.71. The number of aliphatic hydroxyl groups is 1. The number of likely N-dealkylation sites (tertiary alicyclic amines) is 1. The van der Waals surface area contributed by atoms with Crippen molar-refractivity contribution in [3.05, 3.63) is 59.2 Å². The van der Waals surface area contributed by atoms with Gasteiger partial charge in [0, 0.05) is 12.1 Å². The van der Waals surface area contributed by atoms with Crippen LogP contribution in [0.4, 0.5) is 0 Å². The second kappa shape index (κ2) is 16.8. The van der Waals surface area contributed by atoms with Gasteiger partial charge in [-0.1, -0.05) is 53.0 Å². The number of methoxy groups -OCH3 is 1. The van der Waals surface area contributed by atoms with E-state index < -0.39 is 17.7 Å². The van der Waals surface area contributed by atoms with Crippen molar-refractivity contribution in [3.63, 3.8) is 0 Å². The molecule has 42 heavy (non-hydrogen) atoms. The van der Waals surface area contributed by atoms with Crippen molar-refractivity contribution >= 4 is 17.4 Å². The summed E-state index contributed by atoms with van der Waals surface area (Å²) >= 11 is 0. The molecule has 1 N–H and O–H groups in total. The Morgan fingerprint density at radius 1 is 0.857 bits per heavy atom. The number of Topliss-reactive ketones (excluding diaryl/α,β-unsaturated/α-hetero) is 1. The van der Waals surface area contributed by atoms with Crippen LogP contribution in [-0.2, 0) is 9.59 Å². The third-order valence-electron chi connectivity index (χ3n) is 7.71. The van der Waals surface area contributed by atoms with E-state index in [1.807, 2.05) is 12.1 Å². The van der Waals surface area contributed by atoms with Crippen LogP contribution in [0.2, 0.25) is 0 Å². The Kier molecular flexibility index (Phi) is 13.2. The van der Waals surface area contributed by atoms with Crippen LogP contribution in [0.25, 0.3) is 5.76 Å². The first-order chi connectivity index (χ1) is 20.4. The zero-order valence-electron chi connectivity index (χ0n) is 26.0. The summed E-state index contributed by atoms with van der Waals surface area (Å²) in [5, 5.41) is 11.5. The number of benzene rings is 2. The second-order valence-corrected chi connectivity index (χ2v) is 10.6. The molecule has 1 saturated heterocycles. The van der Waals surface area contributed by atoms with Crippen LogP contribution in [0.5, 0.6) is 17.2 Å². The minimum absolute atomic E-state index is 0.0705. The molecule has 2 aromatic carbocycles. The van der Waals surface area contributed by atoms with Gasteiger partial charge < -0.3 is 29.1 Å². The van der Waals surface area contributed by atoms with Crippen LogP contribution in [0.3, 0.4) is 0 Å². The summed E-state index contributed by atoms with van der Waals surface area (Å²) in [7, 11) is 1.57. The third kappa shape index (κ3) is 8.28. The number of unbranched alkanes of at least 4 members (excludes halogenated alkanes) is 3. The van der Waals surface area contributed by atoms with Gasteiger partial charge in [0.25, 0.3) is 11.7 Å². The molecule has 0 saturated carbocycles. The number of ketones is 1. The van der Waals surface area contributed by atoms with Crippen LogP contribution in [0, 0.1) is 0 Å². The molecular formula is C34H48N2O6. The van der Waals surface area contributed by atoms with E-state index in [1.165, 1.54) is 0 Å². The normalized spacial score (nSPS) is 16.3. The molecule has 230 valence electrons. The van der Waals surface area contributed by atoms with Gasteiger partial charge in [-0.05, 0) is 80.9 Å². The average Bonchev–Trinajstić information content (AvgIpc) is 3.26. The first-order valence-corrected chi connectivity index (χ1v) is 15.4. The fourth-order valence-corrected chi connectivity index (χ4v) is 5.17. The van der Waals surface area contributed by atoms with E-state index in [2.05, 4.69) is 32.6 Å². The molecule has 0 bridgehead atoms.